The number of ether oxygens (including phenoxy) is 1. The number of aliphatic hydroxyl groups is 1. The second kappa shape index (κ2) is 10.2. The van der Waals surface area contributed by atoms with Crippen LogP contribution in [0.2, 0.25) is 0 Å². The Bertz CT molecular complexity index is 1130. The molecule has 2 fully saturated rings. The van der Waals surface area contributed by atoms with Crippen molar-refractivity contribution in [3.05, 3.63) is 60.0 Å². The van der Waals surface area contributed by atoms with Crippen LogP contribution in [-0.4, -0.2) is 35.0 Å². The van der Waals surface area contributed by atoms with Gasteiger partial charge < -0.3 is 19.6 Å². The molecule has 0 unspecified atom stereocenters. The molecule has 0 aliphatic heterocycles. The van der Waals surface area contributed by atoms with Gasteiger partial charge in [0.05, 0.1) is 13.5 Å². The van der Waals surface area contributed by atoms with E-state index in [0.29, 0.717) is 24.3 Å². The molecule has 0 atom stereocenters. The van der Waals surface area contributed by atoms with E-state index in [-0.39, 0.29) is 18.0 Å². The molecule has 2 aliphatic carbocycles. The smallest absolute Gasteiger partial charge is 0.320 e. The number of carbonyl (C=O) groups excluding carboxylic acids is 1. The molecule has 7 nitrogen and oxygen atoms in total. The fourth-order valence-corrected chi connectivity index (χ4v) is 5.26. The minimum atomic E-state index is -0.334. The Morgan fingerprint density at radius 1 is 1.00 bits per heavy atom. The zero-order valence-corrected chi connectivity index (χ0v) is 20.2. The van der Waals surface area contributed by atoms with E-state index in [1.54, 1.807) is 0 Å². The van der Waals surface area contributed by atoms with Crippen LogP contribution in [0.5, 0.6) is 0 Å². The van der Waals surface area contributed by atoms with Crippen molar-refractivity contribution in [3.8, 4) is 11.1 Å². The quantitative estimate of drug-likeness (QED) is 0.389. The Hall–Kier alpha value is -3.19. The van der Waals surface area contributed by atoms with Crippen molar-refractivity contribution in [1.29, 1.82) is 0 Å². The SMILES string of the molecule is COC(=O)CC1(CO)CCC(c2ccc(-c3ccc(Nc4nnc(C5CCC5)o4)cc3)cc2)CC1. The molecule has 2 N–H and O–H groups in total. The number of rotatable bonds is 8. The number of nitrogens with one attached hydrogen (secondary N) is 1. The number of hydrogen-bond donors (Lipinski definition) is 2. The van der Waals surface area contributed by atoms with E-state index >= 15 is 0 Å². The number of aromatic nitrogens is 2. The van der Waals surface area contributed by atoms with Gasteiger partial charge in [0.15, 0.2) is 0 Å². The highest BCUT2D eigenvalue weighted by molar-refractivity contribution is 5.70. The molecule has 0 spiro atoms. The summed E-state index contributed by atoms with van der Waals surface area (Å²) in [5.41, 5.74) is 4.20. The number of nitrogens with zero attached hydrogens (tertiary/aromatic N) is 2. The highest BCUT2D eigenvalue weighted by atomic mass is 16.5. The molecular formula is C28H33N3O4. The van der Waals surface area contributed by atoms with Gasteiger partial charge in [0.25, 0.3) is 0 Å². The van der Waals surface area contributed by atoms with Gasteiger partial charge in [-0.2, -0.15) is 0 Å². The monoisotopic (exact) mass is 475 g/mol. The predicted molar refractivity (Wildman–Crippen MR) is 133 cm³/mol. The van der Waals surface area contributed by atoms with Gasteiger partial charge >= 0.3 is 12.0 Å². The predicted octanol–water partition coefficient (Wildman–Crippen LogP) is 5.95. The van der Waals surface area contributed by atoms with Gasteiger partial charge in [-0.05, 0) is 73.3 Å². The minimum Gasteiger partial charge on any atom is -0.469 e. The highest BCUT2D eigenvalue weighted by Gasteiger charge is 2.37. The molecule has 2 aliphatic rings. The summed E-state index contributed by atoms with van der Waals surface area (Å²) in [5, 5.41) is 21.4. The fraction of sp³-hybridized carbons (Fsp3) is 0.464. The summed E-state index contributed by atoms with van der Waals surface area (Å²) in [6.07, 6.45) is 7.41. The minimum absolute atomic E-state index is 0.0345. The molecule has 0 amide bonds. The number of hydrogen-bond acceptors (Lipinski definition) is 7. The van der Waals surface area contributed by atoms with Crippen molar-refractivity contribution >= 4 is 17.7 Å². The Morgan fingerprint density at radius 3 is 2.23 bits per heavy atom. The van der Waals surface area contributed by atoms with Crippen LogP contribution in [0.4, 0.5) is 11.7 Å². The average Bonchev–Trinajstić information content (AvgIpc) is 3.31. The maximum absolute atomic E-state index is 11.8. The lowest BCUT2D eigenvalue weighted by molar-refractivity contribution is -0.145. The van der Waals surface area contributed by atoms with Gasteiger partial charge in [-0.1, -0.05) is 47.9 Å². The standard InChI is InChI=1S/C28H33N3O4/c1-34-25(33)17-28(18-32)15-13-22(14-16-28)20-7-5-19(6-8-20)21-9-11-24(12-10-21)29-27-31-30-26(35-27)23-3-2-4-23/h5-12,22-23,32H,2-4,13-18H2,1H3,(H,29,31). The second-order valence-electron chi connectivity index (χ2n) is 10.1. The van der Waals surface area contributed by atoms with Crippen LogP contribution < -0.4 is 5.32 Å². The fourth-order valence-electron chi connectivity index (χ4n) is 5.26. The molecule has 0 saturated heterocycles. The average molecular weight is 476 g/mol. The van der Waals surface area contributed by atoms with Crippen LogP contribution in [-0.2, 0) is 9.53 Å². The van der Waals surface area contributed by atoms with Gasteiger partial charge in [0.2, 0.25) is 5.89 Å². The van der Waals surface area contributed by atoms with E-state index < -0.39 is 0 Å². The summed E-state index contributed by atoms with van der Waals surface area (Å²) in [6, 6.07) is 17.4. The number of aliphatic hydroxyl groups excluding tert-OH is 1. The highest BCUT2D eigenvalue weighted by Crippen LogP contribution is 2.45. The van der Waals surface area contributed by atoms with Gasteiger partial charge in [-0.15, -0.1) is 5.10 Å². The molecule has 0 radical (unpaired) electrons. The number of anilines is 2. The van der Waals surface area contributed by atoms with Crippen molar-refractivity contribution in [2.75, 3.05) is 19.0 Å². The molecule has 3 aromatic rings. The second-order valence-corrected chi connectivity index (χ2v) is 10.1. The van der Waals surface area contributed by atoms with Crippen LogP contribution in [0.1, 0.15) is 74.7 Å². The number of methoxy groups -OCH3 is 1. The molecule has 2 aromatic carbocycles. The zero-order chi connectivity index (χ0) is 24.3. The van der Waals surface area contributed by atoms with Crippen molar-refractivity contribution in [1.82, 2.24) is 10.2 Å². The first kappa shape index (κ1) is 23.5. The summed E-state index contributed by atoms with van der Waals surface area (Å²) in [4.78, 5) is 11.8. The summed E-state index contributed by atoms with van der Waals surface area (Å²) in [7, 11) is 1.41. The van der Waals surface area contributed by atoms with Crippen molar-refractivity contribution in [3.63, 3.8) is 0 Å². The lowest BCUT2D eigenvalue weighted by atomic mass is 9.67. The van der Waals surface area contributed by atoms with E-state index in [9.17, 15) is 9.90 Å². The Labute approximate surface area is 205 Å². The summed E-state index contributed by atoms with van der Waals surface area (Å²) < 4.78 is 10.6. The van der Waals surface area contributed by atoms with Crippen LogP contribution >= 0.6 is 0 Å². The summed E-state index contributed by atoms with van der Waals surface area (Å²) in [5.74, 6) is 1.37. The summed E-state index contributed by atoms with van der Waals surface area (Å²) >= 11 is 0. The molecular weight excluding hydrogens is 442 g/mol. The largest absolute Gasteiger partial charge is 0.469 e. The molecule has 35 heavy (non-hydrogen) atoms. The van der Waals surface area contributed by atoms with Gasteiger partial charge in [0.1, 0.15) is 0 Å². The first-order valence-corrected chi connectivity index (χ1v) is 12.6. The lowest BCUT2D eigenvalue weighted by Crippen LogP contribution is -2.33. The molecule has 7 heteroatoms. The molecule has 184 valence electrons. The van der Waals surface area contributed by atoms with Crippen LogP contribution in [0, 0.1) is 5.41 Å². The van der Waals surface area contributed by atoms with Gasteiger partial charge in [0, 0.05) is 23.6 Å². The number of carbonyl (C=O) groups is 1. The van der Waals surface area contributed by atoms with E-state index in [1.165, 1.54) is 19.1 Å². The van der Waals surface area contributed by atoms with Gasteiger partial charge in [-0.25, -0.2) is 0 Å². The van der Waals surface area contributed by atoms with Crippen LogP contribution in [0.25, 0.3) is 11.1 Å². The van der Waals surface area contributed by atoms with Crippen LogP contribution in [0.3, 0.4) is 0 Å². The molecule has 5 rings (SSSR count). The number of esters is 1. The third-order valence-corrected chi connectivity index (χ3v) is 7.88. The lowest BCUT2D eigenvalue weighted by Gasteiger charge is -2.38. The molecule has 1 aromatic heterocycles. The molecule has 2 saturated carbocycles. The Balaban J connectivity index is 1.18. The van der Waals surface area contributed by atoms with Crippen molar-refractivity contribution in [2.24, 2.45) is 5.41 Å². The van der Waals surface area contributed by atoms with Gasteiger partial charge in [-0.3, -0.25) is 4.79 Å². The summed E-state index contributed by atoms with van der Waals surface area (Å²) in [6.45, 7) is 0.0345. The Morgan fingerprint density at radius 2 is 1.66 bits per heavy atom. The maximum atomic E-state index is 11.8. The zero-order valence-electron chi connectivity index (χ0n) is 20.2. The first-order chi connectivity index (χ1) is 17.1. The third-order valence-electron chi connectivity index (χ3n) is 7.88. The van der Waals surface area contributed by atoms with Crippen molar-refractivity contribution < 1.29 is 19.1 Å². The van der Waals surface area contributed by atoms with Crippen LogP contribution in [0.15, 0.2) is 52.9 Å². The van der Waals surface area contributed by atoms with E-state index in [2.05, 4.69) is 51.9 Å². The molecule has 0 bridgehead atoms. The molecule has 1 heterocycles. The maximum Gasteiger partial charge on any atom is 0.320 e. The van der Waals surface area contributed by atoms with Crippen molar-refractivity contribution in [2.45, 2.75) is 63.2 Å². The van der Waals surface area contributed by atoms with E-state index in [1.807, 2.05) is 12.1 Å². The third kappa shape index (κ3) is 5.25. The topological polar surface area (TPSA) is 97.5 Å². The first-order valence-electron chi connectivity index (χ1n) is 12.6. The Kier molecular flexibility index (Phi) is 6.86. The number of benzene rings is 2. The van der Waals surface area contributed by atoms with E-state index in [4.69, 9.17) is 9.15 Å². The normalized spacial score (nSPS) is 22.4. The van der Waals surface area contributed by atoms with E-state index in [0.717, 1.165) is 61.2 Å².